The number of thiazole rings is 1. The van der Waals surface area contributed by atoms with Crippen LogP contribution in [0, 0.1) is 0 Å². The molecule has 0 aliphatic carbocycles. The molecule has 1 unspecified atom stereocenters. The lowest BCUT2D eigenvalue weighted by Crippen LogP contribution is -2.19. The Morgan fingerprint density at radius 1 is 1.40 bits per heavy atom. The first-order valence-corrected chi connectivity index (χ1v) is 9.32. The predicted molar refractivity (Wildman–Crippen MR) is 93.4 cm³/mol. The Labute approximate surface area is 145 Å². The number of methoxy groups -OCH3 is 2. The van der Waals surface area contributed by atoms with Gasteiger partial charge in [0, 0.05) is 22.8 Å². The number of benzene rings is 1. The molecule has 2 aromatic rings. The molecule has 0 saturated carbocycles. The number of hydrogen-bond acceptors (Lipinski definition) is 4. The zero-order valence-corrected chi connectivity index (χ0v) is 16.4. The summed E-state index contributed by atoms with van der Waals surface area (Å²) in [5.74, 6) is 1.20. The van der Waals surface area contributed by atoms with Gasteiger partial charge in [-0.3, -0.25) is 9.36 Å². The van der Waals surface area contributed by atoms with Crippen LogP contribution in [0.4, 0.5) is 0 Å². The van der Waals surface area contributed by atoms with Crippen molar-refractivity contribution in [2.45, 2.75) is 11.4 Å². The zero-order chi connectivity index (χ0) is 14.9. The summed E-state index contributed by atoms with van der Waals surface area (Å²) in [6.45, 7) is 0.589. The lowest BCUT2D eigenvalue weighted by Gasteiger charge is -2.12. The fourth-order valence-corrected chi connectivity index (χ4v) is 4.09. The smallest absolute Gasteiger partial charge is 0.308 e. The average Bonchev–Trinajstić information content (AvgIpc) is 2.75. The molecule has 1 heterocycles. The van der Waals surface area contributed by atoms with Crippen LogP contribution in [0.15, 0.2) is 15.3 Å². The highest BCUT2D eigenvalue weighted by Gasteiger charge is 2.19. The van der Waals surface area contributed by atoms with E-state index >= 15 is 0 Å². The fourth-order valence-electron chi connectivity index (χ4n) is 1.88. The minimum atomic E-state index is 0.00130. The van der Waals surface area contributed by atoms with Crippen molar-refractivity contribution in [2.75, 3.05) is 19.5 Å². The van der Waals surface area contributed by atoms with Gasteiger partial charge in [0.1, 0.15) is 0 Å². The Balaban J connectivity index is 2.69. The second kappa shape index (κ2) is 6.81. The van der Waals surface area contributed by atoms with Crippen molar-refractivity contribution in [1.29, 1.82) is 0 Å². The van der Waals surface area contributed by atoms with E-state index in [9.17, 15) is 4.79 Å². The van der Waals surface area contributed by atoms with E-state index in [0.717, 1.165) is 20.0 Å². The second-order valence-electron chi connectivity index (χ2n) is 4.00. The molecule has 20 heavy (non-hydrogen) atoms. The van der Waals surface area contributed by atoms with Crippen molar-refractivity contribution >= 4 is 69.3 Å². The summed E-state index contributed by atoms with van der Waals surface area (Å²) in [5, 5.41) is 0.769. The normalized spacial score (nSPS) is 12.7. The number of halogens is 3. The van der Waals surface area contributed by atoms with Crippen molar-refractivity contribution in [3.05, 3.63) is 20.2 Å². The average molecular weight is 490 g/mol. The number of rotatable bonds is 5. The van der Waals surface area contributed by atoms with E-state index in [-0.39, 0.29) is 9.70 Å². The first kappa shape index (κ1) is 16.3. The standard InChI is InChI=1S/C12H12Br3NO3S/c1-18-8-3-7-11(9(15)10(8)19-2)20-12(17)16(7)5-6(14)4-13/h3,6H,4-5H2,1-2H3. The van der Waals surface area contributed by atoms with Gasteiger partial charge in [-0.25, -0.2) is 0 Å². The molecule has 1 aromatic carbocycles. The molecule has 0 fully saturated rings. The van der Waals surface area contributed by atoms with Crippen LogP contribution in [0.5, 0.6) is 11.5 Å². The summed E-state index contributed by atoms with van der Waals surface area (Å²) in [6, 6.07) is 1.84. The molecular weight excluding hydrogens is 478 g/mol. The summed E-state index contributed by atoms with van der Waals surface area (Å²) in [6.07, 6.45) is 0. The van der Waals surface area contributed by atoms with Crippen molar-refractivity contribution < 1.29 is 9.47 Å². The van der Waals surface area contributed by atoms with E-state index in [1.807, 2.05) is 6.07 Å². The molecule has 0 amide bonds. The molecule has 1 atom stereocenters. The molecule has 0 radical (unpaired) electrons. The Morgan fingerprint density at radius 2 is 2.10 bits per heavy atom. The minimum Gasteiger partial charge on any atom is -0.493 e. The number of nitrogens with zero attached hydrogens (tertiary/aromatic N) is 1. The molecule has 0 spiro atoms. The van der Waals surface area contributed by atoms with Crippen molar-refractivity contribution in [1.82, 2.24) is 4.57 Å². The maximum Gasteiger partial charge on any atom is 0.308 e. The molecule has 0 aliphatic rings. The van der Waals surface area contributed by atoms with E-state index in [1.165, 1.54) is 11.3 Å². The van der Waals surface area contributed by atoms with Gasteiger partial charge in [-0.05, 0) is 15.9 Å². The third kappa shape index (κ3) is 2.93. The molecule has 0 bridgehead atoms. The molecule has 2 rings (SSSR count). The summed E-state index contributed by atoms with van der Waals surface area (Å²) < 4.78 is 14.0. The van der Waals surface area contributed by atoms with Crippen molar-refractivity contribution in [3.63, 3.8) is 0 Å². The van der Waals surface area contributed by atoms with Crippen LogP contribution >= 0.6 is 59.1 Å². The monoisotopic (exact) mass is 487 g/mol. The summed E-state index contributed by atoms with van der Waals surface area (Å²) >= 11 is 11.6. The van der Waals surface area contributed by atoms with Gasteiger partial charge in [-0.2, -0.15) is 0 Å². The van der Waals surface area contributed by atoms with Gasteiger partial charge in [-0.1, -0.05) is 43.2 Å². The maximum absolute atomic E-state index is 12.2. The SMILES string of the molecule is COc1cc2c(sc(=O)n2CC(Br)CBr)c(Br)c1OC. The molecule has 0 saturated heterocycles. The second-order valence-corrected chi connectivity index (χ2v) is 7.70. The third-order valence-electron chi connectivity index (χ3n) is 2.80. The highest BCUT2D eigenvalue weighted by Crippen LogP contribution is 2.42. The number of alkyl halides is 2. The third-order valence-corrected chi connectivity index (χ3v) is 7.09. The lowest BCUT2D eigenvalue weighted by molar-refractivity contribution is 0.354. The minimum absolute atomic E-state index is 0.00130. The van der Waals surface area contributed by atoms with Gasteiger partial charge in [-0.15, -0.1) is 0 Å². The quantitative estimate of drug-likeness (QED) is 0.596. The van der Waals surface area contributed by atoms with Gasteiger partial charge >= 0.3 is 4.87 Å². The van der Waals surface area contributed by atoms with Crippen LogP contribution in [0.1, 0.15) is 0 Å². The van der Waals surface area contributed by atoms with Gasteiger partial charge in [0.05, 0.1) is 28.9 Å². The van der Waals surface area contributed by atoms with Crippen LogP contribution in [0.3, 0.4) is 0 Å². The molecule has 0 aliphatic heterocycles. The predicted octanol–water partition coefficient (Wildman–Crippen LogP) is 4.00. The number of hydrogen-bond donors (Lipinski definition) is 0. The van der Waals surface area contributed by atoms with E-state index in [4.69, 9.17) is 9.47 Å². The molecule has 1 aromatic heterocycles. The number of ether oxygens (including phenoxy) is 2. The Morgan fingerprint density at radius 3 is 2.65 bits per heavy atom. The summed E-state index contributed by atoms with van der Waals surface area (Å²) in [5.41, 5.74) is 0.843. The Bertz CT molecular complexity index is 683. The van der Waals surface area contributed by atoms with E-state index < -0.39 is 0 Å². The molecular formula is C12H12Br3NO3S. The highest BCUT2D eigenvalue weighted by atomic mass is 79.9. The van der Waals surface area contributed by atoms with Crippen LogP contribution in [0.25, 0.3) is 10.2 Å². The van der Waals surface area contributed by atoms with Gasteiger partial charge in [0.15, 0.2) is 11.5 Å². The molecule has 0 N–H and O–H groups in total. The maximum atomic E-state index is 12.2. The number of aromatic nitrogens is 1. The van der Waals surface area contributed by atoms with E-state index in [2.05, 4.69) is 47.8 Å². The van der Waals surface area contributed by atoms with E-state index in [0.29, 0.717) is 18.0 Å². The van der Waals surface area contributed by atoms with Crippen LogP contribution in [0.2, 0.25) is 0 Å². The van der Waals surface area contributed by atoms with E-state index in [1.54, 1.807) is 18.8 Å². The number of fused-ring (bicyclic) bond motifs is 1. The molecule has 110 valence electrons. The van der Waals surface area contributed by atoms with Crippen LogP contribution in [-0.2, 0) is 6.54 Å². The van der Waals surface area contributed by atoms with Gasteiger partial charge in [0.2, 0.25) is 0 Å². The van der Waals surface area contributed by atoms with Crippen LogP contribution < -0.4 is 14.3 Å². The first-order valence-electron chi connectivity index (χ1n) is 5.67. The molecule has 8 heteroatoms. The lowest BCUT2D eigenvalue weighted by atomic mass is 10.3. The zero-order valence-electron chi connectivity index (χ0n) is 10.8. The molecule has 4 nitrogen and oxygen atoms in total. The van der Waals surface area contributed by atoms with Crippen molar-refractivity contribution in [2.24, 2.45) is 0 Å². The van der Waals surface area contributed by atoms with Crippen LogP contribution in [-0.4, -0.2) is 28.9 Å². The summed E-state index contributed by atoms with van der Waals surface area (Å²) in [7, 11) is 3.16. The largest absolute Gasteiger partial charge is 0.493 e. The summed E-state index contributed by atoms with van der Waals surface area (Å²) in [4.78, 5) is 12.4. The topological polar surface area (TPSA) is 40.5 Å². The first-order chi connectivity index (χ1) is 9.53. The fraction of sp³-hybridized carbons (Fsp3) is 0.417. The van der Waals surface area contributed by atoms with Gasteiger partial charge < -0.3 is 9.47 Å². The highest BCUT2D eigenvalue weighted by molar-refractivity contribution is 9.12. The Hall–Kier alpha value is -0.0500. The van der Waals surface area contributed by atoms with Crippen molar-refractivity contribution in [3.8, 4) is 11.5 Å². The Kier molecular flexibility index (Phi) is 5.56. The van der Waals surface area contributed by atoms with Gasteiger partial charge in [0.25, 0.3) is 0 Å².